The summed E-state index contributed by atoms with van der Waals surface area (Å²) in [6.45, 7) is 9.54. The summed E-state index contributed by atoms with van der Waals surface area (Å²) in [6.07, 6.45) is 6.66. The van der Waals surface area contributed by atoms with Crippen LogP contribution in [0.2, 0.25) is 0 Å². The molecule has 5 nitrogen and oxygen atoms in total. The zero-order chi connectivity index (χ0) is 19.0. The molecule has 0 spiro atoms. The SMILES string of the molecule is C=C(CC(O)C(N)CC1CCCCC1)C(=O)NCC(C)(C)CN(C)C. The normalized spacial score (nSPS) is 18.8. The molecule has 2 atom stereocenters. The van der Waals surface area contributed by atoms with Crippen molar-refractivity contribution in [1.29, 1.82) is 0 Å². The van der Waals surface area contributed by atoms with Gasteiger partial charge in [0.1, 0.15) is 0 Å². The number of amides is 1. The molecule has 146 valence electrons. The van der Waals surface area contributed by atoms with Crippen LogP contribution in [-0.2, 0) is 4.79 Å². The molecule has 1 fully saturated rings. The summed E-state index contributed by atoms with van der Waals surface area (Å²) in [5.74, 6) is 0.433. The fraction of sp³-hybridized carbons (Fsp3) is 0.850. The maximum atomic E-state index is 12.2. The van der Waals surface area contributed by atoms with Gasteiger partial charge in [-0.05, 0) is 31.8 Å². The smallest absolute Gasteiger partial charge is 0.246 e. The zero-order valence-electron chi connectivity index (χ0n) is 16.7. The Morgan fingerprint density at radius 3 is 2.48 bits per heavy atom. The predicted molar refractivity (Wildman–Crippen MR) is 104 cm³/mol. The van der Waals surface area contributed by atoms with Gasteiger partial charge < -0.3 is 21.1 Å². The lowest BCUT2D eigenvalue weighted by Crippen LogP contribution is -2.41. The minimum Gasteiger partial charge on any atom is -0.391 e. The van der Waals surface area contributed by atoms with E-state index in [-0.39, 0.29) is 23.8 Å². The Morgan fingerprint density at radius 2 is 1.92 bits per heavy atom. The van der Waals surface area contributed by atoms with E-state index < -0.39 is 6.10 Å². The van der Waals surface area contributed by atoms with Gasteiger partial charge in [-0.15, -0.1) is 0 Å². The summed E-state index contributed by atoms with van der Waals surface area (Å²) < 4.78 is 0. The average Bonchev–Trinajstić information content (AvgIpc) is 2.52. The average molecular weight is 354 g/mol. The summed E-state index contributed by atoms with van der Waals surface area (Å²) in [7, 11) is 4.04. The van der Waals surface area contributed by atoms with E-state index in [0.717, 1.165) is 13.0 Å². The van der Waals surface area contributed by atoms with Crippen molar-refractivity contribution in [3.8, 4) is 0 Å². The predicted octanol–water partition coefficient (Wildman–Crippen LogP) is 2.30. The van der Waals surface area contributed by atoms with Crippen molar-refractivity contribution in [2.45, 2.75) is 70.9 Å². The van der Waals surface area contributed by atoms with Gasteiger partial charge in [0.15, 0.2) is 0 Å². The molecule has 0 saturated heterocycles. The first-order valence-corrected chi connectivity index (χ1v) is 9.65. The number of hydrogen-bond donors (Lipinski definition) is 3. The maximum Gasteiger partial charge on any atom is 0.246 e. The van der Waals surface area contributed by atoms with Crippen molar-refractivity contribution in [1.82, 2.24) is 10.2 Å². The van der Waals surface area contributed by atoms with E-state index in [4.69, 9.17) is 5.73 Å². The number of aliphatic hydroxyl groups is 1. The number of nitrogens with two attached hydrogens (primary N) is 1. The molecule has 0 aromatic rings. The van der Waals surface area contributed by atoms with Crippen LogP contribution < -0.4 is 11.1 Å². The Kier molecular flexibility index (Phi) is 9.11. The molecule has 1 amide bonds. The van der Waals surface area contributed by atoms with Crippen molar-refractivity contribution in [3.63, 3.8) is 0 Å². The molecular weight excluding hydrogens is 314 g/mol. The summed E-state index contributed by atoms with van der Waals surface area (Å²) in [4.78, 5) is 14.4. The number of nitrogens with zero attached hydrogens (tertiary/aromatic N) is 1. The summed E-state index contributed by atoms with van der Waals surface area (Å²) in [6, 6.07) is -0.280. The molecular formula is C20H39N3O2. The van der Waals surface area contributed by atoms with Gasteiger partial charge in [-0.3, -0.25) is 4.79 Å². The van der Waals surface area contributed by atoms with Crippen molar-refractivity contribution in [3.05, 3.63) is 12.2 Å². The number of carbonyl (C=O) groups is 1. The fourth-order valence-electron chi connectivity index (χ4n) is 3.82. The molecule has 0 bridgehead atoms. The van der Waals surface area contributed by atoms with E-state index in [2.05, 4.69) is 30.6 Å². The van der Waals surface area contributed by atoms with Crippen LogP contribution in [0.5, 0.6) is 0 Å². The summed E-state index contributed by atoms with van der Waals surface area (Å²) in [5, 5.41) is 13.3. The second-order valence-electron chi connectivity index (χ2n) is 8.86. The topological polar surface area (TPSA) is 78.6 Å². The van der Waals surface area contributed by atoms with Crippen molar-refractivity contribution >= 4 is 5.91 Å². The van der Waals surface area contributed by atoms with Crippen molar-refractivity contribution in [2.75, 3.05) is 27.2 Å². The molecule has 0 aromatic heterocycles. The van der Waals surface area contributed by atoms with E-state index in [0.29, 0.717) is 18.0 Å². The highest BCUT2D eigenvalue weighted by Gasteiger charge is 2.24. The number of hydrogen-bond acceptors (Lipinski definition) is 4. The molecule has 1 rings (SSSR count). The van der Waals surface area contributed by atoms with Gasteiger partial charge in [-0.2, -0.15) is 0 Å². The second kappa shape index (κ2) is 10.3. The number of rotatable bonds is 10. The van der Waals surface area contributed by atoms with Gasteiger partial charge in [0.25, 0.3) is 0 Å². The molecule has 1 aliphatic rings. The maximum absolute atomic E-state index is 12.2. The minimum atomic E-state index is -0.699. The first kappa shape index (κ1) is 22.1. The first-order chi connectivity index (χ1) is 11.6. The molecule has 0 heterocycles. The quantitative estimate of drug-likeness (QED) is 0.527. The van der Waals surface area contributed by atoms with Crippen LogP contribution in [0.25, 0.3) is 0 Å². The van der Waals surface area contributed by atoms with Gasteiger partial charge in [0.2, 0.25) is 5.91 Å². The largest absolute Gasteiger partial charge is 0.391 e. The van der Waals surface area contributed by atoms with Crippen LogP contribution in [0, 0.1) is 11.3 Å². The first-order valence-electron chi connectivity index (χ1n) is 9.65. The van der Waals surface area contributed by atoms with Crippen LogP contribution in [-0.4, -0.2) is 55.2 Å². The van der Waals surface area contributed by atoms with Gasteiger partial charge in [-0.1, -0.05) is 52.5 Å². The van der Waals surface area contributed by atoms with Crippen molar-refractivity contribution < 1.29 is 9.90 Å². The third-order valence-electron chi connectivity index (χ3n) is 5.07. The van der Waals surface area contributed by atoms with E-state index >= 15 is 0 Å². The van der Waals surface area contributed by atoms with Crippen LogP contribution in [0.15, 0.2) is 12.2 Å². The number of carbonyl (C=O) groups excluding carboxylic acids is 1. The standard InChI is InChI=1S/C20H39N3O2/c1-15(19(25)22-13-20(2,3)14-23(4)5)11-18(24)17(21)12-16-9-7-6-8-10-16/h16-18,24H,1,6-14,21H2,2-5H3,(H,22,25). The van der Waals surface area contributed by atoms with Gasteiger partial charge >= 0.3 is 0 Å². The Balaban J connectivity index is 2.36. The highest BCUT2D eigenvalue weighted by Crippen LogP contribution is 2.28. The minimum absolute atomic E-state index is 0.0184. The highest BCUT2D eigenvalue weighted by molar-refractivity contribution is 5.92. The monoisotopic (exact) mass is 353 g/mol. The molecule has 2 unspecified atom stereocenters. The number of aliphatic hydroxyl groups excluding tert-OH is 1. The highest BCUT2D eigenvalue weighted by atomic mass is 16.3. The molecule has 1 aliphatic carbocycles. The van der Waals surface area contributed by atoms with Crippen LogP contribution >= 0.6 is 0 Å². The third-order valence-corrected chi connectivity index (χ3v) is 5.07. The Morgan fingerprint density at radius 1 is 1.32 bits per heavy atom. The Bertz CT molecular complexity index is 429. The Hall–Kier alpha value is -0.910. The zero-order valence-corrected chi connectivity index (χ0v) is 16.7. The molecule has 1 saturated carbocycles. The van der Waals surface area contributed by atoms with Crippen LogP contribution in [0.4, 0.5) is 0 Å². The molecule has 4 N–H and O–H groups in total. The van der Waals surface area contributed by atoms with E-state index in [1.54, 1.807) is 0 Å². The molecule has 25 heavy (non-hydrogen) atoms. The van der Waals surface area contributed by atoms with Gasteiger partial charge in [-0.25, -0.2) is 0 Å². The van der Waals surface area contributed by atoms with E-state index in [1.165, 1.54) is 32.1 Å². The Labute approximate surface area is 154 Å². The van der Waals surface area contributed by atoms with Crippen LogP contribution in [0.3, 0.4) is 0 Å². The molecule has 0 radical (unpaired) electrons. The van der Waals surface area contributed by atoms with Gasteiger partial charge in [0.05, 0.1) is 6.10 Å². The lowest BCUT2D eigenvalue weighted by Gasteiger charge is -2.29. The molecule has 0 aromatic carbocycles. The lowest BCUT2D eigenvalue weighted by molar-refractivity contribution is -0.118. The van der Waals surface area contributed by atoms with Crippen molar-refractivity contribution in [2.24, 2.45) is 17.1 Å². The summed E-state index contributed by atoms with van der Waals surface area (Å²) in [5.41, 5.74) is 6.56. The van der Waals surface area contributed by atoms with E-state index in [9.17, 15) is 9.90 Å². The fourth-order valence-corrected chi connectivity index (χ4v) is 3.82. The van der Waals surface area contributed by atoms with Gasteiger partial charge in [0, 0.05) is 31.1 Å². The van der Waals surface area contributed by atoms with E-state index in [1.807, 2.05) is 14.1 Å². The summed E-state index contributed by atoms with van der Waals surface area (Å²) >= 11 is 0. The molecule has 0 aliphatic heterocycles. The van der Waals surface area contributed by atoms with Crippen LogP contribution in [0.1, 0.15) is 58.8 Å². The third kappa shape index (κ3) is 8.84. The molecule has 5 heteroatoms. The second-order valence-corrected chi connectivity index (χ2v) is 8.86. The number of nitrogens with one attached hydrogen (secondary N) is 1. The lowest BCUT2D eigenvalue weighted by atomic mass is 9.83.